The summed E-state index contributed by atoms with van der Waals surface area (Å²) in [6.07, 6.45) is 2.95. The van der Waals surface area contributed by atoms with Crippen molar-refractivity contribution in [1.29, 1.82) is 0 Å². The van der Waals surface area contributed by atoms with Gasteiger partial charge in [0.25, 0.3) is 0 Å². The van der Waals surface area contributed by atoms with Crippen molar-refractivity contribution in [2.24, 2.45) is 0 Å². The van der Waals surface area contributed by atoms with Gasteiger partial charge in [0.2, 0.25) is 0 Å². The molecule has 0 unspecified atom stereocenters. The van der Waals surface area contributed by atoms with Crippen LogP contribution in [0.1, 0.15) is 19.0 Å². The standard InChI is InChI=1S/C12H14FIN4/c1-2-5-15-7-10-8-18(17-16-10)12-4-3-9(13)6-11(12)14/h3-4,6,8,15H,2,5,7H2,1H3. The van der Waals surface area contributed by atoms with E-state index in [-0.39, 0.29) is 5.82 Å². The Morgan fingerprint density at radius 2 is 2.28 bits per heavy atom. The predicted molar refractivity (Wildman–Crippen MR) is 76.0 cm³/mol. The van der Waals surface area contributed by atoms with Gasteiger partial charge >= 0.3 is 0 Å². The molecule has 2 aromatic rings. The Balaban J connectivity index is 2.13. The SMILES string of the molecule is CCCNCc1cn(-c2ccc(F)cc2I)nn1. The maximum atomic E-state index is 13.0. The Bertz CT molecular complexity index is 527. The third kappa shape index (κ3) is 3.26. The molecule has 0 fully saturated rings. The highest BCUT2D eigenvalue weighted by Crippen LogP contribution is 2.17. The summed E-state index contributed by atoms with van der Waals surface area (Å²) in [5.74, 6) is -0.242. The van der Waals surface area contributed by atoms with Gasteiger partial charge in [0.15, 0.2) is 0 Å². The molecule has 6 heteroatoms. The number of hydrogen-bond donors (Lipinski definition) is 1. The minimum absolute atomic E-state index is 0.242. The average Bonchev–Trinajstić information content (AvgIpc) is 2.78. The molecule has 0 aliphatic rings. The molecule has 18 heavy (non-hydrogen) atoms. The predicted octanol–water partition coefficient (Wildman–Crippen LogP) is 2.51. The fourth-order valence-electron chi connectivity index (χ4n) is 1.56. The molecule has 2 rings (SSSR count). The molecular weight excluding hydrogens is 346 g/mol. The summed E-state index contributed by atoms with van der Waals surface area (Å²) in [6, 6.07) is 4.61. The number of rotatable bonds is 5. The van der Waals surface area contributed by atoms with Gasteiger partial charge in [-0.15, -0.1) is 5.10 Å². The van der Waals surface area contributed by atoms with Gasteiger partial charge in [-0.25, -0.2) is 9.07 Å². The molecule has 1 aromatic heterocycles. The van der Waals surface area contributed by atoms with E-state index in [2.05, 4.69) is 45.1 Å². The van der Waals surface area contributed by atoms with Crippen LogP contribution in [-0.4, -0.2) is 21.5 Å². The Morgan fingerprint density at radius 3 is 3.00 bits per heavy atom. The summed E-state index contributed by atoms with van der Waals surface area (Å²) in [4.78, 5) is 0. The van der Waals surface area contributed by atoms with Gasteiger partial charge in [-0.2, -0.15) is 0 Å². The van der Waals surface area contributed by atoms with E-state index in [1.807, 2.05) is 6.20 Å². The number of benzene rings is 1. The van der Waals surface area contributed by atoms with Crippen LogP contribution in [0.2, 0.25) is 0 Å². The summed E-state index contributed by atoms with van der Waals surface area (Å²) in [7, 11) is 0. The summed E-state index contributed by atoms with van der Waals surface area (Å²) >= 11 is 2.09. The second-order valence-corrected chi connectivity index (χ2v) is 5.09. The van der Waals surface area contributed by atoms with Crippen molar-refractivity contribution >= 4 is 22.6 Å². The number of nitrogens with one attached hydrogen (secondary N) is 1. The lowest BCUT2D eigenvalue weighted by Gasteiger charge is -2.02. The Hall–Kier alpha value is -1.02. The molecule has 96 valence electrons. The number of hydrogen-bond acceptors (Lipinski definition) is 3. The molecule has 1 N–H and O–H groups in total. The lowest BCUT2D eigenvalue weighted by Crippen LogP contribution is -2.13. The molecule has 1 aromatic carbocycles. The summed E-state index contributed by atoms with van der Waals surface area (Å²) in [5, 5.41) is 11.4. The van der Waals surface area contributed by atoms with E-state index in [1.54, 1.807) is 10.7 Å². The highest BCUT2D eigenvalue weighted by atomic mass is 127. The van der Waals surface area contributed by atoms with Crippen LogP contribution in [0.15, 0.2) is 24.4 Å². The first-order chi connectivity index (χ1) is 8.70. The van der Waals surface area contributed by atoms with Crippen LogP contribution in [0, 0.1) is 9.39 Å². The second kappa shape index (κ2) is 6.24. The highest BCUT2D eigenvalue weighted by molar-refractivity contribution is 14.1. The third-order valence-electron chi connectivity index (χ3n) is 2.43. The monoisotopic (exact) mass is 360 g/mol. The number of nitrogens with zero attached hydrogens (tertiary/aromatic N) is 3. The zero-order valence-electron chi connectivity index (χ0n) is 10.0. The smallest absolute Gasteiger partial charge is 0.124 e. The Labute approximate surface area is 119 Å². The third-order valence-corrected chi connectivity index (χ3v) is 3.29. The molecular formula is C12H14FIN4. The van der Waals surface area contributed by atoms with E-state index in [4.69, 9.17) is 0 Å². The van der Waals surface area contributed by atoms with Gasteiger partial charge in [-0.05, 0) is 53.8 Å². The molecule has 0 saturated carbocycles. The number of halogens is 2. The van der Waals surface area contributed by atoms with Crippen molar-refractivity contribution < 1.29 is 4.39 Å². The molecule has 0 atom stereocenters. The zero-order valence-corrected chi connectivity index (χ0v) is 12.2. The quantitative estimate of drug-likeness (QED) is 0.658. The lowest BCUT2D eigenvalue weighted by atomic mass is 10.3. The van der Waals surface area contributed by atoms with Gasteiger partial charge in [0.1, 0.15) is 5.82 Å². The Kier molecular flexibility index (Phi) is 4.65. The molecule has 0 aliphatic carbocycles. The zero-order chi connectivity index (χ0) is 13.0. The first-order valence-corrected chi connectivity index (χ1v) is 6.86. The first kappa shape index (κ1) is 13.4. The maximum Gasteiger partial charge on any atom is 0.124 e. The molecule has 0 spiro atoms. The van der Waals surface area contributed by atoms with Crippen LogP contribution in [0.5, 0.6) is 0 Å². The normalized spacial score (nSPS) is 10.8. The lowest BCUT2D eigenvalue weighted by molar-refractivity contribution is 0.625. The van der Waals surface area contributed by atoms with E-state index in [1.165, 1.54) is 12.1 Å². The highest BCUT2D eigenvalue weighted by Gasteiger charge is 2.06. The van der Waals surface area contributed by atoms with Crippen molar-refractivity contribution in [2.75, 3.05) is 6.54 Å². The fraction of sp³-hybridized carbons (Fsp3) is 0.333. The van der Waals surface area contributed by atoms with Crippen LogP contribution in [0.4, 0.5) is 4.39 Å². The topological polar surface area (TPSA) is 42.7 Å². The van der Waals surface area contributed by atoms with Crippen LogP contribution in [0.25, 0.3) is 5.69 Å². The molecule has 0 saturated heterocycles. The van der Waals surface area contributed by atoms with Crippen molar-refractivity contribution in [3.8, 4) is 5.69 Å². The van der Waals surface area contributed by atoms with E-state index in [0.29, 0.717) is 6.54 Å². The molecule has 0 radical (unpaired) electrons. The van der Waals surface area contributed by atoms with Gasteiger partial charge in [0.05, 0.1) is 17.6 Å². The van der Waals surface area contributed by atoms with Gasteiger partial charge in [-0.1, -0.05) is 12.1 Å². The van der Waals surface area contributed by atoms with Gasteiger partial charge in [-0.3, -0.25) is 0 Å². The van der Waals surface area contributed by atoms with E-state index < -0.39 is 0 Å². The largest absolute Gasteiger partial charge is 0.311 e. The minimum Gasteiger partial charge on any atom is -0.311 e. The fourth-order valence-corrected chi connectivity index (χ4v) is 2.28. The minimum atomic E-state index is -0.242. The molecule has 1 heterocycles. The van der Waals surface area contributed by atoms with Crippen molar-refractivity contribution in [3.63, 3.8) is 0 Å². The Morgan fingerprint density at radius 1 is 1.44 bits per heavy atom. The van der Waals surface area contributed by atoms with Gasteiger partial charge < -0.3 is 5.32 Å². The summed E-state index contributed by atoms with van der Waals surface area (Å²) in [5.41, 5.74) is 1.72. The maximum absolute atomic E-state index is 13.0. The van der Waals surface area contributed by atoms with Gasteiger partial charge in [0, 0.05) is 10.1 Å². The van der Waals surface area contributed by atoms with Crippen LogP contribution >= 0.6 is 22.6 Å². The second-order valence-electron chi connectivity index (χ2n) is 3.93. The van der Waals surface area contributed by atoms with E-state index >= 15 is 0 Å². The molecule has 0 bridgehead atoms. The van der Waals surface area contributed by atoms with Crippen LogP contribution in [-0.2, 0) is 6.54 Å². The van der Waals surface area contributed by atoms with Crippen molar-refractivity contribution in [2.45, 2.75) is 19.9 Å². The van der Waals surface area contributed by atoms with Crippen LogP contribution < -0.4 is 5.32 Å². The molecule has 4 nitrogen and oxygen atoms in total. The van der Waals surface area contributed by atoms with E-state index in [9.17, 15) is 4.39 Å². The summed E-state index contributed by atoms with van der Waals surface area (Å²) in [6.45, 7) is 3.78. The van der Waals surface area contributed by atoms with Crippen LogP contribution in [0.3, 0.4) is 0 Å². The van der Waals surface area contributed by atoms with Crippen molar-refractivity contribution in [1.82, 2.24) is 20.3 Å². The molecule has 0 aliphatic heterocycles. The summed E-state index contributed by atoms with van der Waals surface area (Å²) < 4.78 is 15.5. The van der Waals surface area contributed by atoms with E-state index in [0.717, 1.165) is 27.9 Å². The number of aromatic nitrogens is 3. The average molecular weight is 360 g/mol. The molecule has 0 amide bonds. The first-order valence-electron chi connectivity index (χ1n) is 5.78. The van der Waals surface area contributed by atoms with Crippen molar-refractivity contribution in [3.05, 3.63) is 39.5 Å².